The molecule has 24 heavy (non-hydrogen) atoms. The summed E-state index contributed by atoms with van der Waals surface area (Å²) in [5.41, 5.74) is -1.38. The summed E-state index contributed by atoms with van der Waals surface area (Å²) in [6.45, 7) is 1.37. The minimum atomic E-state index is -4.66. The fraction of sp³-hybridized carbons (Fsp3) is 0.308. The Balaban J connectivity index is 1.98. The SMILES string of the molecule is Cc1cc(C(F)(F)F)n2ncc(C(=O)N[C@@H]3C=CS(=O)(=O)C3)c2n1. The summed E-state index contributed by atoms with van der Waals surface area (Å²) in [6.07, 6.45) is -2.38. The van der Waals surface area contributed by atoms with E-state index < -0.39 is 33.7 Å². The van der Waals surface area contributed by atoms with Crippen LogP contribution >= 0.6 is 0 Å². The first-order chi connectivity index (χ1) is 11.1. The predicted molar refractivity (Wildman–Crippen MR) is 76.9 cm³/mol. The number of aryl methyl sites for hydroxylation is 1. The zero-order valence-corrected chi connectivity index (χ0v) is 13.0. The first kappa shape index (κ1) is 16.4. The molecule has 0 bridgehead atoms. The Labute approximate surface area is 134 Å². The molecule has 3 rings (SSSR count). The van der Waals surface area contributed by atoms with Gasteiger partial charge in [0.1, 0.15) is 11.3 Å². The summed E-state index contributed by atoms with van der Waals surface area (Å²) in [4.78, 5) is 16.2. The highest BCUT2D eigenvalue weighted by molar-refractivity contribution is 7.94. The van der Waals surface area contributed by atoms with Crippen molar-refractivity contribution in [2.75, 3.05) is 5.75 Å². The van der Waals surface area contributed by atoms with Crippen LogP contribution in [0.2, 0.25) is 0 Å². The molecule has 2 aromatic heterocycles. The largest absolute Gasteiger partial charge is 0.433 e. The monoisotopic (exact) mass is 360 g/mol. The van der Waals surface area contributed by atoms with Crippen LogP contribution in [-0.2, 0) is 16.0 Å². The highest BCUT2D eigenvalue weighted by atomic mass is 32.2. The van der Waals surface area contributed by atoms with Crippen LogP contribution in [0.25, 0.3) is 5.65 Å². The number of carbonyl (C=O) groups excluding carboxylic acids is 1. The Kier molecular flexibility index (Phi) is 3.62. The molecule has 1 N–H and O–H groups in total. The second kappa shape index (κ2) is 5.30. The van der Waals surface area contributed by atoms with Gasteiger partial charge in [-0.05, 0) is 19.1 Å². The van der Waals surface area contributed by atoms with Gasteiger partial charge < -0.3 is 5.32 Å². The molecule has 11 heteroatoms. The van der Waals surface area contributed by atoms with Crippen LogP contribution in [-0.4, -0.2) is 40.7 Å². The Morgan fingerprint density at radius 3 is 2.71 bits per heavy atom. The fourth-order valence-corrected chi connectivity index (χ4v) is 3.59. The smallest absolute Gasteiger partial charge is 0.345 e. The van der Waals surface area contributed by atoms with E-state index in [0.717, 1.165) is 17.7 Å². The van der Waals surface area contributed by atoms with E-state index in [-0.39, 0.29) is 22.7 Å². The van der Waals surface area contributed by atoms with Crippen molar-refractivity contribution < 1.29 is 26.4 Å². The third-order valence-electron chi connectivity index (χ3n) is 3.38. The number of aromatic nitrogens is 3. The summed E-state index contributed by atoms with van der Waals surface area (Å²) in [5, 5.41) is 7.00. The lowest BCUT2D eigenvalue weighted by Gasteiger charge is -2.11. The van der Waals surface area contributed by atoms with Crippen molar-refractivity contribution in [1.82, 2.24) is 19.9 Å². The Hall–Kier alpha value is -2.43. The van der Waals surface area contributed by atoms with Crippen molar-refractivity contribution >= 4 is 21.4 Å². The van der Waals surface area contributed by atoms with Crippen molar-refractivity contribution in [2.24, 2.45) is 0 Å². The molecule has 0 fully saturated rings. The molecule has 0 radical (unpaired) electrons. The van der Waals surface area contributed by atoms with Gasteiger partial charge in [-0.1, -0.05) is 0 Å². The maximum absolute atomic E-state index is 13.1. The van der Waals surface area contributed by atoms with E-state index in [0.29, 0.717) is 4.52 Å². The molecule has 0 saturated carbocycles. The number of alkyl halides is 3. The van der Waals surface area contributed by atoms with Crippen molar-refractivity contribution in [3.05, 3.63) is 40.7 Å². The first-order valence-electron chi connectivity index (χ1n) is 6.71. The van der Waals surface area contributed by atoms with Crippen molar-refractivity contribution in [1.29, 1.82) is 0 Å². The minimum absolute atomic E-state index is 0.0766. The van der Waals surface area contributed by atoms with Crippen LogP contribution < -0.4 is 5.32 Å². The molecule has 1 amide bonds. The van der Waals surface area contributed by atoms with Gasteiger partial charge in [-0.2, -0.15) is 18.3 Å². The quantitative estimate of drug-likeness (QED) is 0.866. The summed E-state index contributed by atoms with van der Waals surface area (Å²) < 4.78 is 62.4. The fourth-order valence-electron chi connectivity index (χ4n) is 2.36. The summed E-state index contributed by atoms with van der Waals surface area (Å²) in [6, 6.07) is 0.0814. The maximum atomic E-state index is 13.1. The van der Waals surface area contributed by atoms with Gasteiger partial charge in [-0.25, -0.2) is 17.9 Å². The van der Waals surface area contributed by atoms with Crippen LogP contribution in [0.1, 0.15) is 21.7 Å². The highest BCUT2D eigenvalue weighted by Crippen LogP contribution is 2.30. The maximum Gasteiger partial charge on any atom is 0.433 e. The zero-order valence-electron chi connectivity index (χ0n) is 12.2. The molecule has 128 valence electrons. The predicted octanol–water partition coefficient (Wildman–Crippen LogP) is 1.10. The molecular formula is C13H11F3N4O3S. The molecule has 2 aromatic rings. The molecule has 0 aromatic carbocycles. The number of nitrogens with zero attached hydrogens (tertiary/aromatic N) is 3. The van der Waals surface area contributed by atoms with Gasteiger partial charge in [0.2, 0.25) is 0 Å². The van der Waals surface area contributed by atoms with Gasteiger partial charge in [0, 0.05) is 11.1 Å². The Bertz CT molecular complexity index is 963. The number of sulfone groups is 1. The number of amides is 1. The van der Waals surface area contributed by atoms with Gasteiger partial charge in [0.05, 0.1) is 18.0 Å². The summed E-state index contributed by atoms with van der Waals surface area (Å²) in [5.74, 6) is -1.04. The van der Waals surface area contributed by atoms with Gasteiger partial charge in [0.15, 0.2) is 15.5 Å². The molecule has 1 aliphatic heterocycles. The number of nitrogens with one attached hydrogen (secondary N) is 1. The number of carbonyl (C=O) groups is 1. The second-order valence-corrected chi connectivity index (χ2v) is 7.24. The lowest BCUT2D eigenvalue weighted by Crippen LogP contribution is -2.35. The van der Waals surface area contributed by atoms with E-state index in [4.69, 9.17) is 0 Å². The van der Waals surface area contributed by atoms with Crippen molar-refractivity contribution in [3.63, 3.8) is 0 Å². The lowest BCUT2D eigenvalue weighted by atomic mass is 10.2. The molecule has 1 aliphatic rings. The Morgan fingerprint density at radius 1 is 1.42 bits per heavy atom. The van der Waals surface area contributed by atoms with E-state index in [1.165, 1.54) is 13.0 Å². The van der Waals surface area contributed by atoms with Gasteiger partial charge in [-0.15, -0.1) is 0 Å². The molecular weight excluding hydrogens is 349 g/mol. The average Bonchev–Trinajstić information content (AvgIpc) is 2.99. The van der Waals surface area contributed by atoms with Crippen molar-refractivity contribution in [3.8, 4) is 0 Å². The van der Waals surface area contributed by atoms with E-state index >= 15 is 0 Å². The number of halogens is 3. The van der Waals surface area contributed by atoms with Gasteiger partial charge in [-0.3, -0.25) is 4.79 Å². The van der Waals surface area contributed by atoms with E-state index in [1.807, 2.05) is 0 Å². The van der Waals surface area contributed by atoms with E-state index in [1.54, 1.807) is 0 Å². The van der Waals surface area contributed by atoms with Gasteiger partial charge >= 0.3 is 6.18 Å². The molecule has 1 atom stereocenters. The molecule has 0 aliphatic carbocycles. The molecule has 0 saturated heterocycles. The zero-order chi connectivity index (χ0) is 17.7. The normalized spacial score (nSPS) is 19.8. The van der Waals surface area contributed by atoms with Crippen LogP contribution in [0.4, 0.5) is 13.2 Å². The third kappa shape index (κ3) is 2.98. The van der Waals surface area contributed by atoms with Crippen LogP contribution in [0.5, 0.6) is 0 Å². The van der Waals surface area contributed by atoms with Crippen LogP contribution in [0.15, 0.2) is 23.7 Å². The van der Waals surface area contributed by atoms with Gasteiger partial charge in [0.25, 0.3) is 5.91 Å². The number of hydrogen-bond acceptors (Lipinski definition) is 5. The Morgan fingerprint density at radius 2 is 2.12 bits per heavy atom. The molecule has 3 heterocycles. The summed E-state index contributed by atoms with van der Waals surface area (Å²) >= 11 is 0. The second-order valence-electron chi connectivity index (χ2n) is 5.31. The van der Waals surface area contributed by atoms with Crippen molar-refractivity contribution in [2.45, 2.75) is 19.1 Å². The standard InChI is InChI=1S/C13H11F3N4O3S/c1-7-4-10(13(14,15)16)20-11(18-7)9(5-17-20)12(21)19-8-2-3-24(22,23)6-8/h2-5,8H,6H2,1H3,(H,19,21)/t8-/m1/s1. The van der Waals surface area contributed by atoms with Crippen LogP contribution in [0, 0.1) is 6.92 Å². The first-order valence-corrected chi connectivity index (χ1v) is 8.43. The molecule has 7 nitrogen and oxygen atoms in total. The highest BCUT2D eigenvalue weighted by Gasteiger charge is 2.35. The van der Waals surface area contributed by atoms with E-state index in [2.05, 4.69) is 15.4 Å². The van der Waals surface area contributed by atoms with E-state index in [9.17, 15) is 26.4 Å². The molecule has 0 spiro atoms. The third-order valence-corrected chi connectivity index (χ3v) is 4.78. The summed E-state index contributed by atoms with van der Waals surface area (Å²) in [7, 11) is -3.37. The lowest BCUT2D eigenvalue weighted by molar-refractivity contribution is -0.142. The number of fused-ring (bicyclic) bond motifs is 1. The topological polar surface area (TPSA) is 93.4 Å². The number of rotatable bonds is 2. The van der Waals surface area contributed by atoms with Crippen LogP contribution in [0.3, 0.4) is 0 Å². The molecule has 0 unspecified atom stereocenters. The number of hydrogen-bond donors (Lipinski definition) is 1. The minimum Gasteiger partial charge on any atom is -0.345 e. The average molecular weight is 360 g/mol.